The average molecular weight is 526 g/mol. The van der Waals surface area contributed by atoms with Crippen LogP contribution < -0.4 is 20.3 Å². The zero-order valence-electron chi connectivity index (χ0n) is 19.4. The highest BCUT2D eigenvalue weighted by molar-refractivity contribution is 6.36. The van der Waals surface area contributed by atoms with E-state index < -0.39 is 5.92 Å². The second-order valence-electron chi connectivity index (χ2n) is 8.39. The maximum absolute atomic E-state index is 12.6. The first kappa shape index (κ1) is 25.5. The van der Waals surface area contributed by atoms with Gasteiger partial charge in [0.1, 0.15) is 5.75 Å². The monoisotopic (exact) mass is 525 g/mol. The van der Waals surface area contributed by atoms with Crippen LogP contribution in [0.2, 0.25) is 10.0 Å². The molecule has 3 aromatic carbocycles. The molecule has 7 nitrogen and oxygen atoms in total. The van der Waals surface area contributed by atoms with Gasteiger partial charge in [0.2, 0.25) is 11.8 Å². The molecule has 186 valence electrons. The molecule has 1 fully saturated rings. The van der Waals surface area contributed by atoms with E-state index in [0.717, 1.165) is 12.0 Å². The van der Waals surface area contributed by atoms with Gasteiger partial charge in [0.25, 0.3) is 5.91 Å². The van der Waals surface area contributed by atoms with Crippen molar-refractivity contribution in [2.75, 3.05) is 29.9 Å². The average Bonchev–Trinajstić information content (AvgIpc) is 3.27. The number of anilines is 2. The number of nitrogens with zero attached hydrogens (tertiary/aromatic N) is 1. The molecule has 0 saturated carbocycles. The van der Waals surface area contributed by atoms with Gasteiger partial charge in [0.15, 0.2) is 6.61 Å². The first-order valence-corrected chi connectivity index (χ1v) is 12.2. The summed E-state index contributed by atoms with van der Waals surface area (Å²) in [5.74, 6) is -0.524. The van der Waals surface area contributed by atoms with Crippen LogP contribution in [0.5, 0.6) is 5.75 Å². The Morgan fingerprint density at radius 2 is 1.75 bits per heavy atom. The summed E-state index contributed by atoms with van der Waals surface area (Å²) in [6.45, 7) is 0.629. The number of ether oxygens (including phenoxy) is 1. The van der Waals surface area contributed by atoms with Crippen molar-refractivity contribution in [1.29, 1.82) is 0 Å². The van der Waals surface area contributed by atoms with Crippen molar-refractivity contribution in [2.45, 2.75) is 12.8 Å². The molecule has 36 heavy (non-hydrogen) atoms. The van der Waals surface area contributed by atoms with E-state index in [1.807, 2.05) is 30.3 Å². The van der Waals surface area contributed by atoms with Crippen molar-refractivity contribution in [3.63, 3.8) is 0 Å². The quantitative estimate of drug-likeness (QED) is 0.423. The summed E-state index contributed by atoms with van der Waals surface area (Å²) in [6.07, 6.45) is 0.909. The number of halogens is 2. The van der Waals surface area contributed by atoms with Crippen LogP contribution in [0.4, 0.5) is 11.4 Å². The molecule has 1 atom stereocenters. The highest BCUT2D eigenvalue weighted by Crippen LogP contribution is 2.28. The molecule has 0 radical (unpaired) electrons. The maximum Gasteiger partial charge on any atom is 0.262 e. The first-order chi connectivity index (χ1) is 17.4. The molecule has 9 heteroatoms. The van der Waals surface area contributed by atoms with Crippen molar-refractivity contribution in [3.05, 3.63) is 88.4 Å². The second-order valence-corrected chi connectivity index (χ2v) is 9.23. The summed E-state index contributed by atoms with van der Waals surface area (Å²) >= 11 is 11.9. The van der Waals surface area contributed by atoms with Crippen LogP contribution in [-0.4, -0.2) is 37.4 Å². The van der Waals surface area contributed by atoms with Crippen LogP contribution in [0.15, 0.2) is 72.8 Å². The largest absolute Gasteiger partial charge is 0.484 e. The molecule has 0 spiro atoms. The summed E-state index contributed by atoms with van der Waals surface area (Å²) < 4.78 is 5.54. The molecule has 1 heterocycles. The van der Waals surface area contributed by atoms with E-state index in [4.69, 9.17) is 27.9 Å². The topological polar surface area (TPSA) is 87.7 Å². The fraction of sp³-hybridized carbons (Fsp3) is 0.222. The number of nitrogens with one attached hydrogen (secondary N) is 2. The normalized spacial score (nSPS) is 15.0. The minimum absolute atomic E-state index is 0.105. The van der Waals surface area contributed by atoms with E-state index in [1.54, 1.807) is 41.3 Å². The molecular weight excluding hydrogens is 501 g/mol. The molecule has 2 N–H and O–H groups in total. The minimum atomic E-state index is -0.396. The Morgan fingerprint density at radius 3 is 2.47 bits per heavy atom. The summed E-state index contributed by atoms with van der Waals surface area (Å²) in [4.78, 5) is 38.9. The highest BCUT2D eigenvalue weighted by Gasteiger charge is 2.34. The molecular formula is C27H25Cl2N3O4. The van der Waals surface area contributed by atoms with Gasteiger partial charge in [0, 0.05) is 30.2 Å². The summed E-state index contributed by atoms with van der Waals surface area (Å²) in [5.41, 5.74) is 2.26. The standard InChI is InChI=1S/C27H25Cl2N3O4/c28-20-6-11-24(23(29)15-20)31-25(33)17-36-22-9-7-21(8-10-22)32-16-19(14-26(32)34)27(35)30-13-12-18-4-2-1-3-5-18/h1-11,15,19H,12-14,16-17H2,(H,30,35)(H,31,33)/t19-/m1/s1. The zero-order chi connectivity index (χ0) is 25.5. The lowest BCUT2D eigenvalue weighted by Gasteiger charge is -2.17. The number of hydrogen-bond donors (Lipinski definition) is 2. The van der Waals surface area contributed by atoms with Crippen molar-refractivity contribution in [3.8, 4) is 5.75 Å². The Balaban J connectivity index is 1.24. The van der Waals surface area contributed by atoms with Crippen molar-refractivity contribution >= 4 is 52.3 Å². The predicted molar refractivity (Wildman–Crippen MR) is 141 cm³/mol. The molecule has 4 rings (SSSR count). The SMILES string of the molecule is O=C(COc1ccc(N2C[C@H](C(=O)NCCc3ccccc3)CC2=O)cc1)Nc1ccc(Cl)cc1Cl. The van der Waals surface area contributed by atoms with E-state index in [-0.39, 0.29) is 30.7 Å². The number of carbonyl (C=O) groups is 3. The predicted octanol–water partition coefficient (Wildman–Crippen LogP) is 4.72. The van der Waals surface area contributed by atoms with Crippen LogP contribution in [0.3, 0.4) is 0 Å². The van der Waals surface area contributed by atoms with Crippen molar-refractivity contribution in [1.82, 2.24) is 5.32 Å². The molecule has 1 saturated heterocycles. The van der Waals surface area contributed by atoms with Crippen LogP contribution in [0.25, 0.3) is 0 Å². The Hall–Kier alpha value is -3.55. The van der Waals surface area contributed by atoms with Gasteiger partial charge in [-0.3, -0.25) is 14.4 Å². The number of benzene rings is 3. The third kappa shape index (κ3) is 6.77. The van der Waals surface area contributed by atoms with Gasteiger partial charge in [0.05, 0.1) is 16.6 Å². The summed E-state index contributed by atoms with van der Waals surface area (Å²) in [5, 5.41) is 6.40. The van der Waals surface area contributed by atoms with Gasteiger partial charge in [-0.2, -0.15) is 0 Å². The maximum atomic E-state index is 12.6. The molecule has 0 bridgehead atoms. The van der Waals surface area contributed by atoms with Gasteiger partial charge in [-0.05, 0) is 54.4 Å². The summed E-state index contributed by atoms with van der Waals surface area (Å²) in [7, 11) is 0. The van der Waals surface area contributed by atoms with E-state index in [2.05, 4.69) is 10.6 Å². The van der Waals surface area contributed by atoms with E-state index >= 15 is 0 Å². The van der Waals surface area contributed by atoms with Crippen molar-refractivity contribution in [2.24, 2.45) is 5.92 Å². The van der Waals surface area contributed by atoms with Gasteiger partial charge < -0.3 is 20.3 Å². The van der Waals surface area contributed by atoms with Crippen LogP contribution in [-0.2, 0) is 20.8 Å². The van der Waals surface area contributed by atoms with E-state index in [9.17, 15) is 14.4 Å². The van der Waals surface area contributed by atoms with Gasteiger partial charge in [-0.25, -0.2) is 0 Å². The Bertz CT molecular complexity index is 1240. The van der Waals surface area contributed by atoms with Crippen molar-refractivity contribution < 1.29 is 19.1 Å². The Morgan fingerprint density at radius 1 is 1.00 bits per heavy atom. The number of rotatable bonds is 9. The fourth-order valence-corrected chi connectivity index (χ4v) is 4.36. The number of carbonyl (C=O) groups excluding carboxylic acids is 3. The Labute approximate surface area is 219 Å². The van der Waals surface area contributed by atoms with E-state index in [0.29, 0.717) is 40.3 Å². The fourth-order valence-electron chi connectivity index (χ4n) is 3.90. The minimum Gasteiger partial charge on any atom is -0.484 e. The third-order valence-corrected chi connectivity index (χ3v) is 6.32. The van der Waals surface area contributed by atoms with Crippen LogP contribution in [0.1, 0.15) is 12.0 Å². The summed E-state index contributed by atoms with van der Waals surface area (Å²) in [6, 6.07) is 21.5. The lowest BCUT2D eigenvalue weighted by Crippen LogP contribution is -2.34. The second kappa shape index (κ2) is 11.9. The lowest BCUT2D eigenvalue weighted by atomic mass is 10.1. The lowest BCUT2D eigenvalue weighted by molar-refractivity contribution is -0.126. The molecule has 3 amide bonds. The van der Waals surface area contributed by atoms with Gasteiger partial charge >= 0.3 is 0 Å². The third-order valence-electron chi connectivity index (χ3n) is 5.78. The number of hydrogen-bond acceptors (Lipinski definition) is 4. The first-order valence-electron chi connectivity index (χ1n) is 11.5. The number of amides is 3. The van der Waals surface area contributed by atoms with E-state index in [1.165, 1.54) is 6.07 Å². The van der Waals surface area contributed by atoms with Crippen LogP contribution in [0, 0.1) is 5.92 Å². The molecule has 0 aliphatic carbocycles. The molecule has 1 aliphatic rings. The highest BCUT2D eigenvalue weighted by atomic mass is 35.5. The molecule has 0 aromatic heterocycles. The Kier molecular flexibility index (Phi) is 8.46. The van der Waals surface area contributed by atoms with Crippen LogP contribution >= 0.6 is 23.2 Å². The van der Waals surface area contributed by atoms with Gasteiger partial charge in [-0.15, -0.1) is 0 Å². The molecule has 1 aliphatic heterocycles. The molecule has 0 unspecified atom stereocenters. The zero-order valence-corrected chi connectivity index (χ0v) is 20.9. The van der Waals surface area contributed by atoms with Gasteiger partial charge in [-0.1, -0.05) is 53.5 Å². The molecule has 3 aromatic rings. The smallest absolute Gasteiger partial charge is 0.262 e.